The topological polar surface area (TPSA) is 38.8 Å². The van der Waals surface area contributed by atoms with Crippen LogP contribution in [0.4, 0.5) is 48.7 Å². The average molecular weight is 652 g/mol. The van der Waals surface area contributed by atoms with Gasteiger partial charge >= 0.3 is 24.6 Å². The Morgan fingerprint density at radius 3 is 1.87 bits per heavy atom. The van der Waals surface area contributed by atoms with Gasteiger partial charge in [-0.05, 0) is 78.4 Å². The van der Waals surface area contributed by atoms with Gasteiger partial charge in [-0.2, -0.15) is 39.5 Å². The van der Waals surface area contributed by atoms with E-state index < -0.39 is 70.9 Å². The van der Waals surface area contributed by atoms with Gasteiger partial charge in [-0.25, -0.2) is 9.18 Å². The molecule has 1 aliphatic rings. The smallest absolute Gasteiger partial charge is 0.416 e. The summed E-state index contributed by atoms with van der Waals surface area (Å²) in [6, 6.07) is 5.94. The molecule has 45 heavy (non-hydrogen) atoms. The second-order valence-electron chi connectivity index (χ2n) is 11.4. The van der Waals surface area contributed by atoms with Crippen molar-refractivity contribution >= 4 is 6.09 Å². The summed E-state index contributed by atoms with van der Waals surface area (Å²) in [5.41, 5.74) is -6.19. The second-order valence-corrected chi connectivity index (χ2v) is 11.4. The molecule has 0 saturated carbocycles. The Morgan fingerprint density at radius 1 is 0.822 bits per heavy atom. The summed E-state index contributed by atoms with van der Waals surface area (Å²) in [5, 5.41) is 0. The molecule has 1 atom stereocenters. The number of ether oxygens (including phenoxy) is 2. The zero-order chi connectivity index (χ0) is 33.9. The zero-order valence-electron chi connectivity index (χ0n) is 24.4. The fourth-order valence-electron chi connectivity index (χ4n) is 5.29. The van der Waals surface area contributed by atoms with E-state index in [1.54, 1.807) is 13.8 Å². The van der Waals surface area contributed by atoms with E-state index in [9.17, 15) is 48.7 Å². The van der Waals surface area contributed by atoms with Crippen molar-refractivity contribution in [1.29, 1.82) is 0 Å². The van der Waals surface area contributed by atoms with Gasteiger partial charge in [0.2, 0.25) is 0 Å². The molecule has 0 aliphatic carbocycles. The van der Waals surface area contributed by atoms with Crippen LogP contribution in [-0.2, 0) is 29.8 Å². The van der Waals surface area contributed by atoms with Crippen molar-refractivity contribution in [2.45, 2.75) is 70.3 Å². The predicted octanol–water partition coefficient (Wildman–Crippen LogP) is 10.2. The van der Waals surface area contributed by atoms with Gasteiger partial charge in [0.15, 0.2) is 6.10 Å². The zero-order valence-corrected chi connectivity index (χ0v) is 24.4. The molecular formula is C31H27F10NO3. The number of hydrogen-bond acceptors (Lipinski definition) is 3. The highest BCUT2D eigenvalue weighted by atomic mass is 19.4. The van der Waals surface area contributed by atoms with Crippen LogP contribution in [0.15, 0.2) is 48.5 Å². The highest BCUT2D eigenvalue weighted by Crippen LogP contribution is 2.47. The maximum atomic E-state index is 14.8. The lowest BCUT2D eigenvalue weighted by atomic mass is 9.87. The van der Waals surface area contributed by atoms with Crippen LogP contribution < -0.4 is 4.74 Å². The van der Waals surface area contributed by atoms with E-state index in [4.69, 9.17) is 9.47 Å². The Kier molecular flexibility index (Phi) is 8.62. The highest BCUT2D eigenvalue weighted by molar-refractivity contribution is 5.77. The first-order chi connectivity index (χ1) is 20.5. The van der Waals surface area contributed by atoms with Crippen LogP contribution in [0.1, 0.15) is 73.1 Å². The molecule has 1 fully saturated rings. The number of benzene rings is 3. The molecule has 1 heterocycles. The number of nitrogens with zero attached hydrogens (tertiary/aromatic N) is 1. The summed E-state index contributed by atoms with van der Waals surface area (Å²) < 4.78 is 148. The SMILES string of the molecule is COc1cc(F)c(C(C)C)cc1-c1ccc(C(F)(F)F)cc1CN1C(=O)OC(c2cc(C(F)(F)F)cc(C(F)(F)F)c2)C1(C)C. The van der Waals surface area contributed by atoms with Crippen LogP contribution in [0.25, 0.3) is 11.1 Å². The summed E-state index contributed by atoms with van der Waals surface area (Å²) in [7, 11) is 1.23. The van der Waals surface area contributed by atoms with Crippen molar-refractivity contribution in [3.05, 3.63) is 87.7 Å². The number of carbonyl (C=O) groups excluding carboxylic acids is 1. The first kappa shape index (κ1) is 33.9. The Balaban J connectivity index is 1.86. The molecule has 3 aromatic rings. The maximum Gasteiger partial charge on any atom is 0.416 e. The molecule has 0 aromatic heterocycles. The van der Waals surface area contributed by atoms with Gasteiger partial charge in [0.05, 0.1) is 35.9 Å². The van der Waals surface area contributed by atoms with E-state index in [1.807, 2.05) is 0 Å². The molecule has 0 radical (unpaired) electrons. The summed E-state index contributed by atoms with van der Waals surface area (Å²) in [4.78, 5) is 14.1. The maximum absolute atomic E-state index is 14.8. The summed E-state index contributed by atoms with van der Waals surface area (Å²) in [6.45, 7) is 5.40. The molecule has 14 heteroatoms. The third-order valence-corrected chi connectivity index (χ3v) is 7.68. The van der Waals surface area contributed by atoms with E-state index in [2.05, 4.69) is 0 Å². The fourth-order valence-corrected chi connectivity index (χ4v) is 5.29. The summed E-state index contributed by atoms with van der Waals surface area (Å²) >= 11 is 0. The Bertz CT molecular complexity index is 1570. The largest absolute Gasteiger partial charge is 0.496 e. The molecule has 1 amide bonds. The van der Waals surface area contributed by atoms with E-state index in [0.717, 1.165) is 29.2 Å². The molecule has 0 N–H and O–H groups in total. The Labute approximate surface area is 251 Å². The van der Waals surface area contributed by atoms with Gasteiger partial charge in [0, 0.05) is 11.6 Å². The van der Waals surface area contributed by atoms with Gasteiger partial charge in [0.1, 0.15) is 11.6 Å². The van der Waals surface area contributed by atoms with Crippen molar-refractivity contribution in [2.24, 2.45) is 0 Å². The minimum atomic E-state index is -5.17. The summed E-state index contributed by atoms with van der Waals surface area (Å²) in [5.74, 6) is -0.983. The third kappa shape index (κ3) is 6.69. The number of alkyl halides is 9. The first-order valence-electron chi connectivity index (χ1n) is 13.4. The lowest BCUT2D eigenvalue weighted by molar-refractivity contribution is -0.143. The minimum absolute atomic E-state index is 0.0253. The Hall–Kier alpha value is -3.97. The predicted molar refractivity (Wildman–Crippen MR) is 143 cm³/mol. The van der Waals surface area contributed by atoms with Gasteiger partial charge < -0.3 is 9.47 Å². The number of amides is 1. The van der Waals surface area contributed by atoms with Crippen LogP contribution in [0.3, 0.4) is 0 Å². The summed E-state index contributed by atoms with van der Waals surface area (Å²) in [6.07, 6.45) is -18.0. The number of cyclic esters (lactones) is 1. The van der Waals surface area contributed by atoms with Crippen molar-refractivity contribution in [1.82, 2.24) is 4.90 Å². The van der Waals surface area contributed by atoms with E-state index >= 15 is 0 Å². The molecule has 4 rings (SSSR count). The van der Waals surface area contributed by atoms with E-state index in [0.29, 0.717) is 12.1 Å². The standard InChI is InChI=1S/C31H27F10NO3/c1-15(2)22-12-23(25(44-5)13-24(22)32)21-7-6-18(29(33,34)35)10-17(21)14-42-27(43)45-26(28(42,3)4)16-8-19(30(36,37)38)11-20(9-16)31(39,40)41/h6-13,15,26H,14H2,1-5H3. The molecule has 1 saturated heterocycles. The van der Waals surface area contributed by atoms with Crippen LogP contribution in [-0.4, -0.2) is 23.6 Å². The monoisotopic (exact) mass is 651 g/mol. The highest BCUT2D eigenvalue weighted by Gasteiger charge is 2.50. The lowest BCUT2D eigenvalue weighted by Gasteiger charge is -2.33. The number of carbonyl (C=O) groups is 1. The van der Waals surface area contributed by atoms with Crippen molar-refractivity contribution in [3.63, 3.8) is 0 Å². The van der Waals surface area contributed by atoms with Crippen molar-refractivity contribution in [3.8, 4) is 16.9 Å². The normalized spacial score (nSPS) is 17.2. The Morgan fingerprint density at radius 2 is 1.38 bits per heavy atom. The van der Waals surface area contributed by atoms with Crippen LogP contribution in [0.5, 0.6) is 5.75 Å². The quantitative estimate of drug-likeness (QED) is 0.249. The van der Waals surface area contributed by atoms with Crippen LogP contribution in [0, 0.1) is 5.82 Å². The van der Waals surface area contributed by atoms with E-state index in [-0.39, 0.29) is 40.0 Å². The van der Waals surface area contributed by atoms with E-state index in [1.165, 1.54) is 27.0 Å². The molecule has 1 aliphatic heterocycles. The van der Waals surface area contributed by atoms with Crippen LogP contribution >= 0.6 is 0 Å². The molecule has 0 bridgehead atoms. The second kappa shape index (κ2) is 11.4. The lowest BCUT2D eigenvalue weighted by Crippen LogP contribution is -2.42. The average Bonchev–Trinajstić information content (AvgIpc) is 3.14. The molecular weight excluding hydrogens is 624 g/mol. The van der Waals surface area contributed by atoms with Gasteiger partial charge in [-0.1, -0.05) is 19.9 Å². The minimum Gasteiger partial charge on any atom is -0.496 e. The van der Waals surface area contributed by atoms with Gasteiger partial charge in [-0.3, -0.25) is 4.90 Å². The number of methoxy groups -OCH3 is 1. The number of halogens is 10. The van der Waals surface area contributed by atoms with Crippen LogP contribution in [0.2, 0.25) is 0 Å². The number of hydrogen-bond donors (Lipinski definition) is 0. The van der Waals surface area contributed by atoms with Gasteiger partial charge in [0.25, 0.3) is 0 Å². The molecule has 1 unspecified atom stereocenters. The molecule has 4 nitrogen and oxygen atoms in total. The molecule has 244 valence electrons. The van der Waals surface area contributed by atoms with Gasteiger partial charge in [-0.15, -0.1) is 0 Å². The number of rotatable bonds is 6. The third-order valence-electron chi connectivity index (χ3n) is 7.68. The fraction of sp³-hybridized carbons (Fsp3) is 0.387. The first-order valence-corrected chi connectivity index (χ1v) is 13.4. The van der Waals surface area contributed by atoms with Crippen molar-refractivity contribution in [2.75, 3.05) is 7.11 Å². The molecule has 3 aromatic carbocycles. The molecule has 0 spiro atoms. The van der Waals surface area contributed by atoms with Crippen molar-refractivity contribution < 1.29 is 58.2 Å².